The normalized spacial score (nSPS) is 26.6. The van der Waals surface area contributed by atoms with Crippen LogP contribution in [-0.4, -0.2) is 295 Å². The van der Waals surface area contributed by atoms with E-state index in [1.165, 1.54) is 19.3 Å². The Balaban J connectivity index is 0.922. The van der Waals surface area contributed by atoms with Crippen LogP contribution in [-0.2, 0) is 95.2 Å². The van der Waals surface area contributed by atoms with E-state index < -0.39 is 77.7 Å². The molecule has 0 aliphatic carbocycles. The number of carbonyl (C=O) groups excluding carboxylic acids is 8. The molecule has 7 amide bonds. The third-order valence-corrected chi connectivity index (χ3v) is 22.9. The van der Waals surface area contributed by atoms with Crippen molar-refractivity contribution in [2.75, 3.05) is 145 Å². The molecule has 6 aliphatic rings. The topological polar surface area (TPSA) is 453 Å². The van der Waals surface area contributed by atoms with Crippen LogP contribution in [0.3, 0.4) is 0 Å². The highest BCUT2D eigenvalue weighted by molar-refractivity contribution is 5.80. The molecule has 33 heteroatoms. The molecule has 0 aromatic carbocycles. The zero-order valence-corrected chi connectivity index (χ0v) is 71.3. The molecule has 6 rings (SSSR count). The van der Waals surface area contributed by atoms with E-state index in [1.807, 2.05) is 0 Å². The van der Waals surface area contributed by atoms with Crippen molar-refractivity contribution in [3.63, 3.8) is 0 Å². The third-order valence-electron chi connectivity index (χ3n) is 22.9. The zero-order chi connectivity index (χ0) is 85.0. The van der Waals surface area contributed by atoms with Gasteiger partial charge in [-0.15, -0.1) is 0 Å². The number of fused-ring (bicyclic) bond motifs is 6. The SMILES string of the molecule is C[C@H]1[C@H]2OC[C@](COCCCCC(=O)NCCCNC(=O)CCOCC(COCCC(=O)NCCCNC(=O)CCCCOC[C@@]34CO[C@@H](O3)[C@H](C)[C@@H](O)[C@H]4O)(COCCC(=O)NCCCNC(=O)CCCCOC[C@@]34CO[C@@H](O3)[C@H](C)[C@@H](O)[C@H]4O)CC(=O)CCCCCCCCCCC(=O)NCCCCCCC(C)(C)C)(O2)[C@H](O)[C@@H]1O. The number of hydrogen-bond donors (Lipinski definition) is 13. The molecule has 0 radical (unpaired) electrons. The maximum absolute atomic E-state index is 14.2. The Bertz CT molecular complexity index is 2650. The van der Waals surface area contributed by atoms with Gasteiger partial charge in [-0.3, -0.25) is 38.4 Å². The predicted octanol–water partition coefficient (Wildman–Crippen LogP) is 4.04. The van der Waals surface area contributed by atoms with Gasteiger partial charge in [0.2, 0.25) is 41.4 Å². The second kappa shape index (κ2) is 54.7. The number of ketones is 1. The molecule has 0 aromatic rings. The Morgan fingerprint density at radius 3 is 0.906 bits per heavy atom. The lowest BCUT2D eigenvalue weighted by Gasteiger charge is -2.41. The van der Waals surface area contributed by atoms with Crippen LogP contribution in [0.1, 0.15) is 241 Å². The molecule has 6 bridgehead atoms. The Morgan fingerprint density at radius 1 is 0.325 bits per heavy atom. The monoisotopic (exact) mass is 1670 g/mol. The van der Waals surface area contributed by atoms with Gasteiger partial charge in [0, 0.05) is 147 Å². The molecule has 0 spiro atoms. The summed E-state index contributed by atoms with van der Waals surface area (Å²) in [7, 11) is 0. The van der Waals surface area contributed by atoms with Gasteiger partial charge in [-0.05, 0) is 88.9 Å². The van der Waals surface area contributed by atoms with Gasteiger partial charge in [0.1, 0.15) is 40.9 Å². The van der Waals surface area contributed by atoms with Gasteiger partial charge in [0.05, 0.1) is 97.6 Å². The Morgan fingerprint density at radius 2 is 0.590 bits per heavy atom. The van der Waals surface area contributed by atoms with Crippen molar-refractivity contribution in [1.82, 2.24) is 37.2 Å². The van der Waals surface area contributed by atoms with Crippen molar-refractivity contribution in [3.05, 3.63) is 0 Å². The van der Waals surface area contributed by atoms with Crippen LogP contribution in [0.2, 0.25) is 0 Å². The molecule has 0 saturated carbocycles. The van der Waals surface area contributed by atoms with Gasteiger partial charge >= 0.3 is 0 Å². The molecule has 33 nitrogen and oxygen atoms in total. The van der Waals surface area contributed by atoms with E-state index in [1.54, 1.807) is 20.8 Å². The van der Waals surface area contributed by atoms with E-state index in [9.17, 15) is 69.0 Å². The smallest absolute Gasteiger partial charge is 0.222 e. The van der Waals surface area contributed by atoms with Gasteiger partial charge in [0.15, 0.2) is 18.9 Å². The Kier molecular flexibility index (Phi) is 47.2. The summed E-state index contributed by atoms with van der Waals surface area (Å²) in [6.07, 6.45) is 11.2. The summed E-state index contributed by atoms with van der Waals surface area (Å²) in [6.45, 7) is 15.8. The molecule has 676 valence electrons. The number of amides is 7. The number of nitrogens with one attached hydrogen (secondary N) is 7. The van der Waals surface area contributed by atoms with E-state index in [2.05, 4.69) is 58.0 Å². The summed E-state index contributed by atoms with van der Waals surface area (Å²) in [5.41, 5.74) is -4.13. The summed E-state index contributed by atoms with van der Waals surface area (Å²) in [6, 6.07) is 0. The van der Waals surface area contributed by atoms with Gasteiger partial charge in [-0.25, -0.2) is 0 Å². The van der Waals surface area contributed by atoms with E-state index in [4.69, 9.17) is 56.8 Å². The minimum atomic E-state index is -1.14. The van der Waals surface area contributed by atoms with Crippen LogP contribution in [0, 0.1) is 28.6 Å². The fourth-order valence-corrected chi connectivity index (χ4v) is 15.2. The second-order valence-corrected chi connectivity index (χ2v) is 34.7. The minimum absolute atomic E-state index is 0.0193. The summed E-state index contributed by atoms with van der Waals surface area (Å²) >= 11 is 0. The first-order valence-corrected chi connectivity index (χ1v) is 43.9. The average molecular weight is 1670 g/mol. The van der Waals surface area contributed by atoms with E-state index in [-0.39, 0.29) is 215 Å². The van der Waals surface area contributed by atoms with Crippen molar-refractivity contribution in [3.8, 4) is 0 Å². The number of Topliss-reactive ketones (excluding diaryl/α,β-unsaturated/α-hetero) is 1. The molecule has 6 heterocycles. The number of unbranched alkanes of at least 4 members (excludes halogenated alkanes) is 13. The van der Waals surface area contributed by atoms with Crippen molar-refractivity contribution < 1.29 is 126 Å². The highest BCUT2D eigenvalue weighted by Gasteiger charge is 2.60. The Labute approximate surface area is 693 Å². The largest absolute Gasteiger partial charge is 0.390 e. The summed E-state index contributed by atoms with van der Waals surface area (Å²) < 4.78 is 70.6. The molecule has 6 saturated heterocycles. The Hall–Kier alpha value is -4.76. The van der Waals surface area contributed by atoms with Crippen LogP contribution in [0.5, 0.6) is 0 Å². The summed E-state index contributed by atoms with van der Waals surface area (Å²) in [4.78, 5) is 104. The van der Waals surface area contributed by atoms with Crippen LogP contribution in [0.15, 0.2) is 0 Å². The zero-order valence-electron chi connectivity index (χ0n) is 71.3. The van der Waals surface area contributed by atoms with E-state index >= 15 is 0 Å². The minimum Gasteiger partial charge on any atom is -0.390 e. The van der Waals surface area contributed by atoms with Gasteiger partial charge < -0.3 is 125 Å². The maximum atomic E-state index is 14.2. The number of aliphatic hydroxyl groups is 6. The number of hydrogen-bond acceptors (Lipinski definition) is 26. The predicted molar refractivity (Wildman–Crippen MR) is 430 cm³/mol. The van der Waals surface area contributed by atoms with E-state index in [0.717, 1.165) is 64.3 Å². The van der Waals surface area contributed by atoms with Crippen LogP contribution >= 0.6 is 0 Å². The van der Waals surface area contributed by atoms with Crippen molar-refractivity contribution in [2.24, 2.45) is 28.6 Å². The number of aliphatic hydroxyl groups excluding tert-OH is 6. The molecule has 6 aliphatic heterocycles. The lowest BCUT2D eigenvalue weighted by Crippen LogP contribution is -2.60. The van der Waals surface area contributed by atoms with Gasteiger partial charge in [-0.1, -0.05) is 99.3 Å². The first kappa shape index (κ1) is 101. The fourth-order valence-electron chi connectivity index (χ4n) is 15.2. The highest BCUT2D eigenvalue weighted by Crippen LogP contribution is 2.43. The first-order chi connectivity index (χ1) is 56.1. The van der Waals surface area contributed by atoms with Crippen molar-refractivity contribution >= 4 is 47.1 Å². The van der Waals surface area contributed by atoms with E-state index in [0.29, 0.717) is 115 Å². The second-order valence-electron chi connectivity index (χ2n) is 34.7. The summed E-state index contributed by atoms with van der Waals surface area (Å²) in [5, 5.41) is 83.6. The lowest BCUT2D eigenvalue weighted by atomic mass is 9.84. The van der Waals surface area contributed by atoms with Crippen LogP contribution in [0.4, 0.5) is 0 Å². The number of rotatable bonds is 67. The van der Waals surface area contributed by atoms with Gasteiger partial charge in [-0.2, -0.15) is 0 Å². The molecule has 117 heavy (non-hydrogen) atoms. The van der Waals surface area contributed by atoms with Gasteiger partial charge in [0.25, 0.3) is 0 Å². The quantitative estimate of drug-likeness (QED) is 0.0382. The maximum Gasteiger partial charge on any atom is 0.222 e. The fraction of sp³-hybridized carbons (Fsp3) is 0.905. The first-order valence-electron chi connectivity index (χ1n) is 43.9. The van der Waals surface area contributed by atoms with Crippen molar-refractivity contribution in [1.29, 1.82) is 0 Å². The molecule has 6 fully saturated rings. The molecule has 0 aromatic heterocycles. The lowest BCUT2D eigenvalue weighted by molar-refractivity contribution is -0.248. The van der Waals surface area contributed by atoms with Crippen LogP contribution < -0.4 is 37.2 Å². The standard InChI is InChI=1S/C84H149N7O26/c1-60-71(100)74(103)82(57-112-77(60)115-82)54-106-44-22-17-30-65(94)86-38-25-41-89-68(97)33-47-109-51-81(50-63(92)28-15-11-9-7-8-10-12-16-29-64(93)85-37-21-14-13-20-36-80(4,5)6,52-110-48-34-69(98)90-42-26-39-87-66(95)31-18-23-45-107-55-83-58-113-78(116-83)61(2)72(101)75(83)104)53-111-49-35-70(99)91-43-27-40-88-67(96)32-19-24-46-108-56-84-59-114-79(117-84)62(3)73(102)76(84)105/h60-62,71-79,100-105H,7-59H2,1-6H3,(H,85,93)(H,86,94)(H,87,95)(H,88,96)(H,89,97)(H,90,98)(H,91,99)/t60-,61-,62-,71-,72-,73-,74-,75-,76-,77+,78+,79+,82+,83+,84+/m1/s1. The molecule has 15 atom stereocenters. The molecule has 0 unspecified atom stereocenters. The summed E-state index contributed by atoms with van der Waals surface area (Å²) in [5.74, 6) is -2.36. The highest BCUT2D eigenvalue weighted by atomic mass is 16.8. The van der Waals surface area contributed by atoms with Crippen molar-refractivity contribution in [2.45, 2.75) is 313 Å². The number of ether oxygens (including phenoxy) is 12. The molecule has 13 N–H and O–H groups in total. The van der Waals surface area contributed by atoms with Crippen LogP contribution in [0.25, 0.3) is 0 Å². The third kappa shape index (κ3) is 37.1. The average Bonchev–Trinajstić information content (AvgIpc) is 1.63. The number of carbonyl (C=O) groups is 8. The molecular weight excluding hydrogens is 1520 g/mol. The molecular formula is C84H149N7O26.